The molecule has 0 aliphatic carbocycles. The minimum atomic E-state index is -0.359. The van der Waals surface area contributed by atoms with E-state index < -0.39 is 0 Å². The number of ketones is 1. The van der Waals surface area contributed by atoms with Crippen LogP contribution in [0.1, 0.15) is 27.2 Å². The van der Waals surface area contributed by atoms with Crippen LogP contribution in [0.4, 0.5) is 0 Å². The first kappa shape index (κ1) is 9.88. The molecule has 0 fully saturated rings. The molecular formula is C8H12O3. The van der Waals surface area contributed by atoms with E-state index >= 15 is 0 Å². The fourth-order valence-electron chi connectivity index (χ4n) is 0.556. The highest BCUT2D eigenvalue weighted by atomic mass is 16.5. The molecule has 0 atom stereocenters. The Morgan fingerprint density at radius 2 is 1.82 bits per heavy atom. The number of hydrogen-bond acceptors (Lipinski definition) is 3. The van der Waals surface area contributed by atoms with Gasteiger partial charge in [0.2, 0.25) is 0 Å². The van der Waals surface area contributed by atoms with Crippen molar-refractivity contribution in [2.45, 2.75) is 27.2 Å². The maximum absolute atomic E-state index is 10.4. The summed E-state index contributed by atoms with van der Waals surface area (Å²) in [4.78, 5) is 20.8. The van der Waals surface area contributed by atoms with Crippen molar-refractivity contribution in [1.82, 2.24) is 0 Å². The molecule has 11 heavy (non-hydrogen) atoms. The van der Waals surface area contributed by atoms with E-state index in [1.807, 2.05) is 0 Å². The Kier molecular flexibility index (Phi) is 4.18. The number of hydrogen-bond donors (Lipinski definition) is 0. The maximum Gasteiger partial charge on any atom is 0.307 e. The molecule has 0 saturated heterocycles. The Balaban J connectivity index is 3.81. The van der Waals surface area contributed by atoms with Crippen LogP contribution in [0.25, 0.3) is 0 Å². The van der Waals surface area contributed by atoms with E-state index in [0.717, 1.165) is 0 Å². The molecule has 0 aromatic heterocycles. The van der Waals surface area contributed by atoms with Crippen molar-refractivity contribution in [3.63, 3.8) is 0 Å². The molecule has 0 unspecified atom stereocenters. The minimum Gasteiger partial charge on any atom is -0.432 e. The number of allylic oxidation sites excluding steroid dienone is 2. The van der Waals surface area contributed by atoms with Crippen LogP contribution < -0.4 is 0 Å². The maximum atomic E-state index is 10.4. The van der Waals surface area contributed by atoms with Gasteiger partial charge < -0.3 is 4.74 Å². The molecule has 0 saturated carbocycles. The average Bonchev–Trinajstić information content (AvgIpc) is 1.82. The number of Topliss-reactive ketones (excluding diaryl/α,β-unsaturated/α-hetero) is 1. The highest BCUT2D eigenvalue weighted by Crippen LogP contribution is 1.98. The molecule has 0 spiro atoms. The van der Waals surface area contributed by atoms with Crippen molar-refractivity contribution in [2.75, 3.05) is 0 Å². The number of carbonyl (C=O) groups is 2. The Bertz CT molecular complexity index is 192. The third kappa shape index (κ3) is 6.77. The van der Waals surface area contributed by atoms with Crippen LogP contribution in [0.5, 0.6) is 0 Å². The van der Waals surface area contributed by atoms with E-state index in [-0.39, 0.29) is 11.8 Å². The molecule has 3 nitrogen and oxygen atoms in total. The predicted octanol–water partition coefficient (Wildman–Crippen LogP) is 1.43. The lowest BCUT2D eigenvalue weighted by atomic mass is 10.3. The Hall–Kier alpha value is -1.12. The van der Waals surface area contributed by atoms with Crippen LogP contribution in [0, 0.1) is 0 Å². The lowest BCUT2D eigenvalue weighted by molar-refractivity contribution is -0.136. The van der Waals surface area contributed by atoms with Gasteiger partial charge >= 0.3 is 5.97 Å². The highest BCUT2D eigenvalue weighted by molar-refractivity contribution is 5.77. The molecule has 0 aliphatic heterocycles. The molecule has 0 bridgehead atoms. The Morgan fingerprint density at radius 1 is 1.27 bits per heavy atom. The summed E-state index contributed by atoms with van der Waals surface area (Å²) in [7, 11) is 0. The second-order valence-electron chi connectivity index (χ2n) is 2.31. The fraction of sp³-hybridized carbons (Fsp3) is 0.500. The van der Waals surface area contributed by atoms with Gasteiger partial charge in [0, 0.05) is 13.3 Å². The highest BCUT2D eigenvalue weighted by Gasteiger charge is 1.95. The fourth-order valence-corrected chi connectivity index (χ4v) is 0.556. The zero-order valence-electron chi connectivity index (χ0n) is 7.01. The van der Waals surface area contributed by atoms with Gasteiger partial charge in [-0.1, -0.05) is 0 Å². The van der Waals surface area contributed by atoms with Crippen molar-refractivity contribution >= 4 is 11.8 Å². The number of carbonyl (C=O) groups excluding carboxylic acids is 2. The summed E-state index contributed by atoms with van der Waals surface area (Å²) in [5.74, 6) is 0.173. The van der Waals surface area contributed by atoms with Gasteiger partial charge in [-0.3, -0.25) is 9.59 Å². The molecular weight excluding hydrogens is 144 g/mol. The number of esters is 1. The van der Waals surface area contributed by atoms with E-state index in [4.69, 9.17) is 0 Å². The molecule has 0 N–H and O–H groups in total. The predicted molar refractivity (Wildman–Crippen MR) is 40.8 cm³/mol. The van der Waals surface area contributed by atoms with Crippen molar-refractivity contribution in [2.24, 2.45) is 0 Å². The SMILES string of the molecule is CC(=O)C/C=C(\C)OC(C)=O. The first-order valence-corrected chi connectivity index (χ1v) is 3.37. The van der Waals surface area contributed by atoms with Gasteiger partial charge in [0.25, 0.3) is 0 Å². The van der Waals surface area contributed by atoms with E-state index in [1.165, 1.54) is 13.8 Å². The van der Waals surface area contributed by atoms with Crippen LogP contribution >= 0.6 is 0 Å². The Morgan fingerprint density at radius 3 is 2.18 bits per heavy atom. The number of rotatable bonds is 3. The molecule has 0 aromatic rings. The monoisotopic (exact) mass is 156 g/mol. The smallest absolute Gasteiger partial charge is 0.307 e. The molecule has 0 amide bonds. The van der Waals surface area contributed by atoms with Crippen LogP contribution in [0.2, 0.25) is 0 Å². The van der Waals surface area contributed by atoms with Gasteiger partial charge in [-0.25, -0.2) is 0 Å². The third-order valence-electron chi connectivity index (χ3n) is 0.982. The van der Waals surface area contributed by atoms with Gasteiger partial charge in [-0.15, -0.1) is 0 Å². The van der Waals surface area contributed by atoms with E-state index in [2.05, 4.69) is 4.74 Å². The van der Waals surface area contributed by atoms with E-state index in [1.54, 1.807) is 13.0 Å². The molecule has 0 rings (SSSR count). The molecule has 0 radical (unpaired) electrons. The van der Waals surface area contributed by atoms with E-state index in [0.29, 0.717) is 12.2 Å². The molecule has 0 aromatic carbocycles. The van der Waals surface area contributed by atoms with E-state index in [9.17, 15) is 9.59 Å². The minimum absolute atomic E-state index is 0.0523. The zero-order chi connectivity index (χ0) is 8.85. The van der Waals surface area contributed by atoms with Crippen molar-refractivity contribution in [3.8, 4) is 0 Å². The second kappa shape index (κ2) is 4.66. The second-order valence-corrected chi connectivity index (χ2v) is 2.31. The van der Waals surface area contributed by atoms with Gasteiger partial charge in [0.15, 0.2) is 0 Å². The third-order valence-corrected chi connectivity index (χ3v) is 0.982. The summed E-state index contributed by atoms with van der Waals surface area (Å²) < 4.78 is 4.67. The van der Waals surface area contributed by atoms with Gasteiger partial charge in [-0.05, 0) is 19.9 Å². The van der Waals surface area contributed by atoms with Crippen molar-refractivity contribution in [1.29, 1.82) is 0 Å². The summed E-state index contributed by atoms with van der Waals surface area (Å²) in [6.45, 7) is 4.45. The lowest BCUT2D eigenvalue weighted by Crippen LogP contribution is -1.96. The van der Waals surface area contributed by atoms with Gasteiger partial charge in [0.05, 0.1) is 0 Å². The summed E-state index contributed by atoms with van der Waals surface area (Å²) >= 11 is 0. The van der Waals surface area contributed by atoms with Crippen molar-refractivity contribution in [3.05, 3.63) is 11.8 Å². The first-order valence-electron chi connectivity index (χ1n) is 3.37. The summed E-state index contributed by atoms with van der Waals surface area (Å²) in [6.07, 6.45) is 1.91. The average molecular weight is 156 g/mol. The van der Waals surface area contributed by atoms with Crippen LogP contribution in [0.15, 0.2) is 11.8 Å². The van der Waals surface area contributed by atoms with Gasteiger partial charge in [-0.2, -0.15) is 0 Å². The summed E-state index contributed by atoms with van der Waals surface area (Å²) in [6, 6.07) is 0. The molecule has 0 aliphatic rings. The molecule has 3 heteroatoms. The standard InChI is InChI=1S/C8H12O3/c1-6(9)4-5-7(2)11-8(3)10/h5H,4H2,1-3H3/b7-5+. The topological polar surface area (TPSA) is 43.4 Å². The van der Waals surface area contributed by atoms with Crippen LogP contribution in [0.3, 0.4) is 0 Å². The van der Waals surface area contributed by atoms with Crippen molar-refractivity contribution < 1.29 is 14.3 Å². The first-order chi connectivity index (χ1) is 5.02. The normalized spacial score (nSPS) is 11.0. The number of ether oxygens (including phenoxy) is 1. The molecule has 0 heterocycles. The molecule has 62 valence electrons. The van der Waals surface area contributed by atoms with Crippen LogP contribution in [-0.4, -0.2) is 11.8 Å². The summed E-state index contributed by atoms with van der Waals surface area (Å²) in [5, 5.41) is 0. The lowest BCUT2D eigenvalue weighted by Gasteiger charge is -1.98. The Labute approximate surface area is 66.0 Å². The summed E-state index contributed by atoms with van der Waals surface area (Å²) in [5.41, 5.74) is 0. The van der Waals surface area contributed by atoms with Crippen LogP contribution in [-0.2, 0) is 14.3 Å². The largest absolute Gasteiger partial charge is 0.432 e. The zero-order valence-corrected chi connectivity index (χ0v) is 7.01. The van der Waals surface area contributed by atoms with Gasteiger partial charge in [0.1, 0.15) is 11.5 Å². The quantitative estimate of drug-likeness (QED) is 0.458.